The highest BCUT2D eigenvalue weighted by atomic mass is 32.1. The first kappa shape index (κ1) is 5.56. The van der Waals surface area contributed by atoms with Gasteiger partial charge in [-0.25, -0.2) is 0 Å². The fourth-order valence-electron chi connectivity index (χ4n) is 0.433. The number of rotatable bonds is 2. The molecule has 2 nitrogen and oxygen atoms in total. The van der Waals surface area contributed by atoms with Crippen LogP contribution < -0.4 is 11.1 Å². The van der Waals surface area contributed by atoms with Crippen molar-refractivity contribution < 1.29 is 0 Å². The van der Waals surface area contributed by atoms with Crippen LogP contribution in [0.25, 0.3) is 0 Å². The van der Waals surface area contributed by atoms with Gasteiger partial charge in [0.05, 0.1) is 0 Å². The molecule has 0 bridgehead atoms. The van der Waals surface area contributed by atoms with Crippen LogP contribution in [0.15, 0.2) is 12.2 Å². The second-order valence-corrected chi connectivity index (χ2v) is 2.23. The lowest BCUT2D eigenvalue weighted by Gasteiger charge is -1.98. The minimum atomic E-state index is 0.388. The standard InChI is InChI=1S/C5H8N2S/c6-5(8)7-3-4-1-2-4/h1-2,4H,3H2,(H3,6,7,8). The summed E-state index contributed by atoms with van der Waals surface area (Å²) in [4.78, 5) is 0. The molecule has 0 fully saturated rings. The molecule has 0 saturated carbocycles. The van der Waals surface area contributed by atoms with Gasteiger partial charge in [-0.3, -0.25) is 0 Å². The molecule has 0 spiro atoms. The Balaban J connectivity index is 1.96. The van der Waals surface area contributed by atoms with Crippen LogP contribution in [0.2, 0.25) is 0 Å². The van der Waals surface area contributed by atoms with Crippen LogP contribution in [-0.2, 0) is 0 Å². The van der Waals surface area contributed by atoms with Crippen molar-refractivity contribution in [2.45, 2.75) is 0 Å². The van der Waals surface area contributed by atoms with Crippen LogP contribution in [0.1, 0.15) is 0 Å². The summed E-state index contributed by atoms with van der Waals surface area (Å²) in [5.74, 6) is 0.608. The molecule has 0 unspecified atom stereocenters. The first-order valence-corrected chi connectivity index (χ1v) is 2.91. The van der Waals surface area contributed by atoms with E-state index in [-0.39, 0.29) is 0 Å². The highest BCUT2D eigenvalue weighted by molar-refractivity contribution is 7.80. The van der Waals surface area contributed by atoms with E-state index in [0.717, 1.165) is 6.54 Å². The summed E-state index contributed by atoms with van der Waals surface area (Å²) in [6.45, 7) is 0.870. The third-order valence-electron chi connectivity index (χ3n) is 0.977. The second-order valence-electron chi connectivity index (χ2n) is 1.79. The van der Waals surface area contributed by atoms with Gasteiger partial charge in [-0.05, 0) is 12.2 Å². The lowest BCUT2D eigenvalue weighted by molar-refractivity contribution is 0.825. The van der Waals surface area contributed by atoms with E-state index >= 15 is 0 Å². The van der Waals surface area contributed by atoms with Crippen LogP contribution in [0.5, 0.6) is 0 Å². The van der Waals surface area contributed by atoms with Crippen LogP contribution in [-0.4, -0.2) is 11.7 Å². The SMILES string of the molecule is NC(=S)NCC1C=C1. The molecule has 0 amide bonds. The molecule has 0 aromatic heterocycles. The summed E-state index contributed by atoms with van der Waals surface area (Å²) in [5, 5.41) is 3.24. The molecule has 1 aliphatic rings. The molecule has 0 aliphatic heterocycles. The average Bonchev–Trinajstić information content (AvgIpc) is 2.41. The van der Waals surface area contributed by atoms with Gasteiger partial charge in [0.1, 0.15) is 0 Å². The first-order chi connectivity index (χ1) is 3.79. The van der Waals surface area contributed by atoms with Crippen molar-refractivity contribution in [1.82, 2.24) is 5.32 Å². The Labute approximate surface area is 53.8 Å². The molecule has 0 atom stereocenters. The van der Waals surface area contributed by atoms with E-state index in [1.165, 1.54) is 0 Å². The van der Waals surface area contributed by atoms with Crippen LogP contribution in [0.4, 0.5) is 0 Å². The molecule has 1 aliphatic carbocycles. The third-order valence-corrected chi connectivity index (χ3v) is 1.12. The highest BCUT2D eigenvalue weighted by Gasteiger charge is 2.08. The fraction of sp³-hybridized carbons (Fsp3) is 0.400. The van der Waals surface area contributed by atoms with Gasteiger partial charge in [0.25, 0.3) is 0 Å². The van der Waals surface area contributed by atoms with E-state index < -0.39 is 0 Å². The van der Waals surface area contributed by atoms with Gasteiger partial charge in [-0.1, -0.05) is 12.2 Å². The highest BCUT2D eigenvalue weighted by Crippen LogP contribution is 2.12. The van der Waals surface area contributed by atoms with Crippen molar-refractivity contribution in [2.75, 3.05) is 6.54 Å². The van der Waals surface area contributed by atoms with Gasteiger partial charge in [-0.2, -0.15) is 0 Å². The zero-order valence-electron chi connectivity index (χ0n) is 4.42. The average molecular weight is 128 g/mol. The van der Waals surface area contributed by atoms with E-state index in [1.54, 1.807) is 0 Å². The number of hydrogen-bond acceptors (Lipinski definition) is 1. The zero-order valence-corrected chi connectivity index (χ0v) is 5.24. The van der Waals surface area contributed by atoms with Gasteiger partial charge in [0.15, 0.2) is 5.11 Å². The summed E-state index contributed by atoms with van der Waals surface area (Å²) in [5.41, 5.74) is 5.16. The smallest absolute Gasteiger partial charge is 0.163 e. The Hall–Kier alpha value is -0.570. The van der Waals surface area contributed by atoms with Crippen molar-refractivity contribution in [3.63, 3.8) is 0 Å². The Morgan fingerprint density at radius 3 is 2.75 bits per heavy atom. The van der Waals surface area contributed by atoms with E-state index in [4.69, 9.17) is 5.73 Å². The first-order valence-electron chi connectivity index (χ1n) is 2.50. The van der Waals surface area contributed by atoms with Gasteiger partial charge in [-0.15, -0.1) is 0 Å². The molecule has 1 rings (SSSR count). The second kappa shape index (κ2) is 2.13. The molecule has 8 heavy (non-hydrogen) atoms. The summed E-state index contributed by atoms with van der Waals surface area (Å²) < 4.78 is 0. The van der Waals surface area contributed by atoms with Gasteiger partial charge < -0.3 is 11.1 Å². The monoisotopic (exact) mass is 128 g/mol. The minimum absolute atomic E-state index is 0.388. The molecule has 3 heteroatoms. The van der Waals surface area contributed by atoms with Crippen molar-refractivity contribution in [3.8, 4) is 0 Å². The molecule has 3 N–H and O–H groups in total. The number of thiocarbonyl (C=S) groups is 1. The molecule has 0 aromatic carbocycles. The molecule has 0 radical (unpaired) electrons. The van der Waals surface area contributed by atoms with E-state index in [9.17, 15) is 0 Å². The maximum absolute atomic E-state index is 5.16. The molecular formula is C5H8N2S. The van der Waals surface area contributed by atoms with E-state index in [0.29, 0.717) is 11.0 Å². The normalized spacial score (nSPS) is 16.0. The molecule has 0 heterocycles. The molecule has 44 valence electrons. The largest absolute Gasteiger partial charge is 0.376 e. The maximum Gasteiger partial charge on any atom is 0.163 e. The molecular weight excluding hydrogens is 120 g/mol. The summed E-state index contributed by atoms with van der Waals surface area (Å²) in [6.07, 6.45) is 4.20. The number of nitrogens with one attached hydrogen (secondary N) is 1. The lowest BCUT2D eigenvalue weighted by Crippen LogP contribution is -2.30. The van der Waals surface area contributed by atoms with Crippen LogP contribution in [0, 0.1) is 5.92 Å². The number of hydrogen-bond donors (Lipinski definition) is 2. The van der Waals surface area contributed by atoms with E-state index in [1.807, 2.05) is 0 Å². The number of nitrogens with two attached hydrogens (primary N) is 1. The third kappa shape index (κ3) is 1.93. The van der Waals surface area contributed by atoms with Gasteiger partial charge in [0.2, 0.25) is 0 Å². The maximum atomic E-state index is 5.16. The lowest BCUT2D eigenvalue weighted by atomic mass is 10.4. The molecule has 0 saturated heterocycles. The molecule has 0 aromatic rings. The van der Waals surface area contributed by atoms with Crippen LogP contribution in [0.3, 0.4) is 0 Å². The van der Waals surface area contributed by atoms with Gasteiger partial charge in [0, 0.05) is 12.5 Å². The van der Waals surface area contributed by atoms with E-state index in [2.05, 4.69) is 29.7 Å². The van der Waals surface area contributed by atoms with Crippen molar-refractivity contribution >= 4 is 17.3 Å². The zero-order chi connectivity index (χ0) is 5.98. The fourth-order valence-corrected chi connectivity index (χ4v) is 0.516. The Morgan fingerprint density at radius 1 is 1.75 bits per heavy atom. The van der Waals surface area contributed by atoms with Crippen molar-refractivity contribution in [2.24, 2.45) is 11.7 Å². The summed E-state index contributed by atoms with van der Waals surface area (Å²) in [6, 6.07) is 0. The Bertz CT molecular complexity index is 124. The Kier molecular flexibility index (Phi) is 1.48. The quantitative estimate of drug-likeness (QED) is 0.406. The predicted molar refractivity (Wildman–Crippen MR) is 37.4 cm³/mol. The van der Waals surface area contributed by atoms with Crippen molar-refractivity contribution in [3.05, 3.63) is 12.2 Å². The van der Waals surface area contributed by atoms with Crippen LogP contribution >= 0.6 is 12.2 Å². The minimum Gasteiger partial charge on any atom is -0.376 e. The summed E-state index contributed by atoms with van der Waals surface area (Å²) in [7, 11) is 0. The summed E-state index contributed by atoms with van der Waals surface area (Å²) >= 11 is 4.58. The Morgan fingerprint density at radius 2 is 2.38 bits per heavy atom. The predicted octanol–water partition coefficient (Wildman–Crippen LogP) is 0.00560. The van der Waals surface area contributed by atoms with Crippen molar-refractivity contribution in [1.29, 1.82) is 0 Å². The van der Waals surface area contributed by atoms with Gasteiger partial charge >= 0.3 is 0 Å². The topological polar surface area (TPSA) is 38.0 Å².